The summed E-state index contributed by atoms with van der Waals surface area (Å²) in [6.07, 6.45) is 3.53. The third kappa shape index (κ3) is 3.31. The van der Waals surface area contributed by atoms with Crippen molar-refractivity contribution in [3.8, 4) is 5.75 Å². The third-order valence-electron chi connectivity index (χ3n) is 4.97. The summed E-state index contributed by atoms with van der Waals surface area (Å²) in [6, 6.07) is 33.2. The minimum Gasteiger partial charge on any atom is -0.490 e. The van der Waals surface area contributed by atoms with Crippen molar-refractivity contribution in [2.45, 2.75) is 18.6 Å². The van der Waals surface area contributed by atoms with Gasteiger partial charge in [0.1, 0.15) is 19.9 Å². The molecule has 0 aliphatic carbocycles. The molecule has 1 heterocycles. The van der Waals surface area contributed by atoms with Crippen LogP contribution >= 0.6 is 0 Å². The van der Waals surface area contributed by atoms with Gasteiger partial charge >= 0.3 is 0 Å². The van der Waals surface area contributed by atoms with Crippen LogP contribution in [0.5, 0.6) is 5.75 Å². The highest BCUT2D eigenvalue weighted by atomic mass is 28.3. The largest absolute Gasteiger partial charge is 0.490 e. The first-order valence-corrected chi connectivity index (χ1v) is 11.2. The Morgan fingerprint density at radius 2 is 1.20 bits per heavy atom. The molecule has 0 saturated heterocycles. The van der Waals surface area contributed by atoms with E-state index in [9.17, 15) is 0 Å². The molecule has 0 bridgehead atoms. The summed E-state index contributed by atoms with van der Waals surface area (Å²) in [6.45, 7) is 0. The second kappa shape index (κ2) is 7.12. The molecule has 0 saturated carbocycles. The fourth-order valence-corrected chi connectivity index (χ4v) is 8.19. The van der Waals surface area contributed by atoms with Gasteiger partial charge in [-0.25, -0.2) is 0 Å². The van der Waals surface area contributed by atoms with E-state index in [1.54, 1.807) is 0 Å². The molecule has 1 aliphatic rings. The molecule has 3 aromatic rings. The average Bonchev–Trinajstić information content (AvgIpc) is 2.70. The summed E-state index contributed by atoms with van der Waals surface area (Å²) in [5, 5.41) is 2.91. The van der Waals surface area contributed by atoms with E-state index >= 15 is 0 Å². The number of para-hydroxylation sites is 1. The summed E-state index contributed by atoms with van der Waals surface area (Å²) in [4.78, 5) is 0. The highest BCUT2D eigenvalue weighted by Gasteiger charge is 2.39. The van der Waals surface area contributed by atoms with Gasteiger partial charge in [-0.1, -0.05) is 90.6 Å². The lowest BCUT2D eigenvalue weighted by molar-refractivity contribution is 0.222. The average molecular weight is 343 g/mol. The Balaban J connectivity index is 1.72. The van der Waals surface area contributed by atoms with Crippen LogP contribution in [-0.2, 0) is 0 Å². The number of rotatable bonds is 4. The van der Waals surface area contributed by atoms with Crippen LogP contribution in [0.1, 0.15) is 6.42 Å². The van der Waals surface area contributed by atoms with Crippen LogP contribution in [0.15, 0.2) is 103 Å². The molecule has 1 nitrogen and oxygen atoms in total. The molecule has 0 amide bonds. The molecular weight excluding hydrogens is 320 g/mol. The minimum absolute atomic E-state index is 0.222. The molecule has 3 aromatic carbocycles. The number of ether oxygens (including phenoxy) is 1. The van der Waals surface area contributed by atoms with Crippen molar-refractivity contribution in [2.24, 2.45) is 0 Å². The van der Waals surface area contributed by atoms with Crippen molar-refractivity contribution in [1.82, 2.24) is 0 Å². The Morgan fingerprint density at radius 1 is 0.680 bits per heavy atom. The van der Waals surface area contributed by atoms with Crippen molar-refractivity contribution in [3.63, 3.8) is 0 Å². The molecule has 0 N–H and O–H groups in total. The quantitative estimate of drug-likeness (QED) is 0.646. The zero-order valence-corrected chi connectivity index (χ0v) is 15.2. The maximum Gasteiger partial charge on any atom is 0.144 e. The fraction of sp³-hybridized carbons (Fsp3) is 0.130. The highest BCUT2D eigenvalue weighted by molar-refractivity contribution is 7.06. The number of benzene rings is 3. The SMILES string of the molecule is C1=C[Si](c2ccccc2)(c2ccccc2)CC(Oc2ccccc2)C1. The molecule has 1 unspecified atom stereocenters. The third-order valence-corrected chi connectivity index (χ3v) is 9.61. The van der Waals surface area contributed by atoms with Crippen molar-refractivity contribution in [2.75, 3.05) is 0 Å². The maximum absolute atomic E-state index is 6.34. The van der Waals surface area contributed by atoms with Gasteiger partial charge in [0.15, 0.2) is 0 Å². The standard InChI is InChI=1S/C23H22OSi/c1-4-11-20(12-5-1)24-21-13-10-18-25(19-21,22-14-6-2-7-15-22)23-16-8-3-9-17-23/h1-12,14-18,21H,13,19H2. The van der Waals surface area contributed by atoms with Gasteiger partial charge in [0.25, 0.3) is 0 Å². The zero-order valence-electron chi connectivity index (χ0n) is 14.2. The van der Waals surface area contributed by atoms with Crippen molar-refractivity contribution >= 4 is 18.4 Å². The Hall–Kier alpha value is -2.58. The molecule has 0 spiro atoms. The van der Waals surface area contributed by atoms with Gasteiger partial charge in [-0.3, -0.25) is 0 Å². The van der Waals surface area contributed by atoms with Crippen molar-refractivity contribution < 1.29 is 4.74 Å². The molecule has 0 aromatic heterocycles. The van der Waals surface area contributed by atoms with Gasteiger partial charge in [0.05, 0.1) is 0 Å². The van der Waals surface area contributed by atoms with Crippen LogP contribution < -0.4 is 15.1 Å². The van der Waals surface area contributed by atoms with Crippen LogP contribution in [0.3, 0.4) is 0 Å². The smallest absolute Gasteiger partial charge is 0.144 e. The predicted octanol–water partition coefficient (Wildman–Crippen LogP) is 4.20. The second-order valence-corrected chi connectivity index (χ2v) is 10.4. The lowest BCUT2D eigenvalue weighted by Gasteiger charge is -2.36. The van der Waals surface area contributed by atoms with E-state index in [1.807, 2.05) is 30.3 Å². The van der Waals surface area contributed by atoms with Gasteiger partial charge in [0.2, 0.25) is 0 Å². The molecule has 25 heavy (non-hydrogen) atoms. The minimum atomic E-state index is -1.96. The van der Waals surface area contributed by atoms with E-state index in [4.69, 9.17) is 4.74 Å². The monoisotopic (exact) mass is 342 g/mol. The molecule has 4 rings (SSSR count). The summed E-state index contributed by atoms with van der Waals surface area (Å²) >= 11 is 0. The van der Waals surface area contributed by atoms with Crippen LogP contribution in [0.25, 0.3) is 0 Å². The van der Waals surface area contributed by atoms with Crippen LogP contribution in [-0.4, -0.2) is 14.2 Å². The van der Waals surface area contributed by atoms with E-state index in [2.05, 4.69) is 72.4 Å². The van der Waals surface area contributed by atoms with E-state index < -0.39 is 8.07 Å². The lowest BCUT2D eigenvalue weighted by Crippen LogP contribution is -2.60. The number of hydrogen-bond acceptors (Lipinski definition) is 1. The van der Waals surface area contributed by atoms with E-state index in [0.717, 1.165) is 18.2 Å². The Labute approximate surface area is 150 Å². The molecule has 0 radical (unpaired) electrons. The number of hydrogen-bond donors (Lipinski definition) is 0. The van der Waals surface area contributed by atoms with Gasteiger partial charge in [-0.2, -0.15) is 0 Å². The lowest BCUT2D eigenvalue weighted by atomic mass is 10.2. The molecule has 1 aliphatic heterocycles. The molecule has 124 valence electrons. The zero-order chi connectivity index (χ0) is 17.0. The van der Waals surface area contributed by atoms with Crippen LogP contribution in [0.2, 0.25) is 6.04 Å². The summed E-state index contributed by atoms with van der Waals surface area (Å²) in [5.41, 5.74) is 2.50. The summed E-state index contributed by atoms with van der Waals surface area (Å²) in [5.74, 6) is 0.965. The van der Waals surface area contributed by atoms with Gasteiger partial charge in [-0.05, 0) is 28.6 Å². The molecular formula is C23H22OSi. The van der Waals surface area contributed by atoms with Gasteiger partial charge < -0.3 is 4.74 Å². The maximum atomic E-state index is 6.34. The fourth-order valence-electron chi connectivity index (χ4n) is 3.78. The first kappa shape index (κ1) is 15.9. The van der Waals surface area contributed by atoms with E-state index in [-0.39, 0.29) is 6.10 Å². The van der Waals surface area contributed by atoms with Crippen LogP contribution in [0, 0.1) is 0 Å². The highest BCUT2D eigenvalue weighted by Crippen LogP contribution is 2.26. The second-order valence-electron chi connectivity index (χ2n) is 6.60. The van der Waals surface area contributed by atoms with Crippen LogP contribution in [0.4, 0.5) is 0 Å². The topological polar surface area (TPSA) is 9.23 Å². The van der Waals surface area contributed by atoms with Gasteiger partial charge in [-0.15, -0.1) is 0 Å². The Bertz CT molecular complexity index is 788. The van der Waals surface area contributed by atoms with Crippen molar-refractivity contribution in [1.29, 1.82) is 0 Å². The Kier molecular flexibility index (Phi) is 4.53. The molecule has 1 atom stereocenters. The normalized spacial score (nSPS) is 18.6. The predicted molar refractivity (Wildman–Crippen MR) is 107 cm³/mol. The summed E-state index contributed by atoms with van der Waals surface area (Å²) in [7, 11) is -1.96. The van der Waals surface area contributed by atoms with Crippen molar-refractivity contribution in [3.05, 3.63) is 103 Å². The van der Waals surface area contributed by atoms with E-state index in [1.165, 1.54) is 10.4 Å². The van der Waals surface area contributed by atoms with E-state index in [0.29, 0.717) is 0 Å². The molecule has 2 heteroatoms. The first-order chi connectivity index (χ1) is 12.4. The Morgan fingerprint density at radius 3 is 1.76 bits per heavy atom. The first-order valence-electron chi connectivity index (χ1n) is 8.87. The molecule has 0 fully saturated rings. The van der Waals surface area contributed by atoms with Gasteiger partial charge in [0, 0.05) is 6.42 Å². The summed E-state index contributed by atoms with van der Waals surface area (Å²) < 4.78 is 6.34.